The largest absolute Gasteiger partial charge is 0.458 e. The molecular weight excluding hydrogens is 577 g/mol. The molecule has 10 heteroatoms. The van der Waals surface area contributed by atoms with E-state index < -0.39 is 7.12 Å². The van der Waals surface area contributed by atoms with Crippen molar-refractivity contribution in [3.63, 3.8) is 0 Å². The zero-order valence-electron chi connectivity index (χ0n) is 27.6. The van der Waals surface area contributed by atoms with Gasteiger partial charge in [-0.1, -0.05) is 145 Å². The van der Waals surface area contributed by atoms with Gasteiger partial charge in [0, 0.05) is 12.5 Å². The monoisotopic (exact) mass is 632 g/mol. The van der Waals surface area contributed by atoms with Crippen LogP contribution in [0.25, 0.3) is 0 Å². The number of benzene rings is 3. The SMILES string of the molecule is C.C=CC(=O)CCc1ccccc1.C=CC(=O)OCc1ccccc1.C=CCc1ccccc1.CB(C)O.CB(C)O.CB(O)O. The van der Waals surface area contributed by atoms with Crippen molar-refractivity contribution in [1.29, 1.82) is 0 Å². The number of rotatable bonds is 9. The summed E-state index contributed by atoms with van der Waals surface area (Å²) in [5.74, 6) is -0.280. The number of ether oxygens (including phenoxy) is 1. The van der Waals surface area contributed by atoms with E-state index in [0.717, 1.165) is 24.5 Å². The molecule has 3 aromatic rings. The van der Waals surface area contributed by atoms with Crippen molar-refractivity contribution < 1.29 is 34.4 Å². The van der Waals surface area contributed by atoms with Crippen molar-refractivity contribution in [1.82, 2.24) is 0 Å². The Labute approximate surface area is 279 Å². The number of esters is 1. The van der Waals surface area contributed by atoms with Crippen LogP contribution in [0.5, 0.6) is 0 Å². The molecule has 46 heavy (non-hydrogen) atoms. The zero-order valence-corrected chi connectivity index (χ0v) is 27.6. The fraction of sp³-hybridized carbons (Fsp3) is 0.278. The first kappa shape index (κ1) is 48.9. The smallest absolute Gasteiger partial charge is 0.448 e. The zero-order chi connectivity index (χ0) is 34.9. The molecular formula is C36H55B3O7. The van der Waals surface area contributed by atoms with Gasteiger partial charge < -0.3 is 24.8 Å². The average Bonchev–Trinajstić information content (AvgIpc) is 3.00. The minimum Gasteiger partial charge on any atom is -0.458 e. The van der Waals surface area contributed by atoms with Gasteiger partial charge in [-0.05, 0) is 42.4 Å². The molecule has 0 bridgehead atoms. The van der Waals surface area contributed by atoms with Crippen LogP contribution in [0.15, 0.2) is 129 Å². The Hall–Kier alpha value is -3.95. The van der Waals surface area contributed by atoms with E-state index in [0.29, 0.717) is 13.0 Å². The third-order valence-electron chi connectivity index (χ3n) is 4.34. The van der Waals surface area contributed by atoms with Crippen LogP contribution in [0.4, 0.5) is 0 Å². The lowest BCUT2D eigenvalue weighted by atomic mass is 9.76. The van der Waals surface area contributed by atoms with Crippen LogP contribution in [-0.4, -0.2) is 52.8 Å². The molecule has 0 radical (unpaired) electrons. The number of allylic oxidation sites excluding steroid dienone is 2. The van der Waals surface area contributed by atoms with Crippen molar-refractivity contribution in [2.75, 3.05) is 0 Å². The summed E-state index contributed by atoms with van der Waals surface area (Å²) < 4.78 is 4.82. The summed E-state index contributed by atoms with van der Waals surface area (Å²) >= 11 is 0. The van der Waals surface area contributed by atoms with Gasteiger partial charge in [-0.3, -0.25) is 4.79 Å². The van der Waals surface area contributed by atoms with Crippen molar-refractivity contribution in [2.45, 2.75) is 67.4 Å². The Morgan fingerprint density at radius 3 is 1.33 bits per heavy atom. The molecule has 0 fully saturated rings. The molecule has 0 aliphatic carbocycles. The van der Waals surface area contributed by atoms with Crippen LogP contribution < -0.4 is 0 Å². The lowest BCUT2D eigenvalue weighted by molar-refractivity contribution is -0.139. The van der Waals surface area contributed by atoms with Gasteiger partial charge in [0.15, 0.2) is 5.78 Å². The lowest BCUT2D eigenvalue weighted by Crippen LogP contribution is -2.00. The normalized spacial score (nSPS) is 8.28. The second-order valence-corrected chi connectivity index (χ2v) is 9.75. The number of aryl methyl sites for hydroxylation is 1. The third kappa shape index (κ3) is 44.5. The van der Waals surface area contributed by atoms with Crippen LogP contribution in [-0.2, 0) is 33.8 Å². The quantitative estimate of drug-likeness (QED) is 0.0877. The lowest BCUT2D eigenvalue weighted by Gasteiger charge is -2.00. The van der Waals surface area contributed by atoms with Crippen molar-refractivity contribution in [3.8, 4) is 0 Å². The summed E-state index contributed by atoms with van der Waals surface area (Å²) in [5.41, 5.74) is 3.51. The van der Waals surface area contributed by atoms with Gasteiger partial charge in [-0.25, -0.2) is 4.79 Å². The number of hydrogen-bond donors (Lipinski definition) is 4. The minimum atomic E-state index is -1.17. The van der Waals surface area contributed by atoms with Crippen molar-refractivity contribution in [2.24, 2.45) is 0 Å². The van der Waals surface area contributed by atoms with Crippen molar-refractivity contribution >= 4 is 32.7 Å². The molecule has 0 saturated heterocycles. The second-order valence-electron chi connectivity index (χ2n) is 9.75. The minimum absolute atomic E-state index is 0. The van der Waals surface area contributed by atoms with Gasteiger partial charge in [-0.15, -0.1) is 6.58 Å². The Morgan fingerprint density at radius 1 is 0.652 bits per heavy atom. The van der Waals surface area contributed by atoms with E-state index in [1.54, 1.807) is 27.3 Å². The van der Waals surface area contributed by atoms with Crippen LogP contribution in [0.1, 0.15) is 30.5 Å². The Kier molecular flexibility index (Phi) is 37.8. The molecule has 0 heterocycles. The van der Waals surface area contributed by atoms with Crippen LogP contribution in [0.2, 0.25) is 34.1 Å². The Balaban J connectivity index is -0.000000244. The summed E-state index contributed by atoms with van der Waals surface area (Å²) in [6, 6.07) is 29.8. The first-order valence-electron chi connectivity index (χ1n) is 14.7. The molecule has 3 aromatic carbocycles. The van der Waals surface area contributed by atoms with E-state index in [1.807, 2.05) is 84.9 Å². The highest BCUT2D eigenvalue weighted by atomic mass is 16.5. The highest BCUT2D eigenvalue weighted by Gasteiger charge is 1.96. The van der Waals surface area contributed by atoms with Gasteiger partial charge in [0.05, 0.1) is 0 Å². The van der Waals surface area contributed by atoms with Gasteiger partial charge >= 0.3 is 13.1 Å². The van der Waals surface area contributed by atoms with Gasteiger partial charge in [-0.2, -0.15) is 0 Å². The summed E-state index contributed by atoms with van der Waals surface area (Å²) in [6.07, 6.45) is 6.79. The maximum absolute atomic E-state index is 10.9. The molecule has 0 saturated carbocycles. The topological polar surface area (TPSA) is 124 Å². The van der Waals surface area contributed by atoms with Gasteiger partial charge in [0.1, 0.15) is 6.61 Å². The Morgan fingerprint density at radius 2 is 1.00 bits per heavy atom. The molecule has 0 amide bonds. The van der Waals surface area contributed by atoms with Crippen LogP contribution in [0, 0.1) is 0 Å². The first-order valence-corrected chi connectivity index (χ1v) is 14.7. The standard InChI is InChI=1S/C11H12O.C10H10O2.C9H10.2C2H7BO.CH5BO2.CH4/c1-2-11(12)9-8-10-6-4-3-5-7-10;1-2-10(11)12-8-9-6-4-3-5-7-9;1-2-6-9-7-4-3-5-8-9;2*1-3(2)4;1-2(3)4;/h2-7H,1,8-9H2;2-7H,1,8H2;2-5,7-8H,1,6H2;2*4H,1-2H3;3-4H,1H3;1H4. The number of ketones is 1. The Bertz CT molecular complexity index is 1040. The molecule has 0 aliphatic heterocycles. The van der Waals surface area contributed by atoms with E-state index in [9.17, 15) is 9.59 Å². The summed E-state index contributed by atoms with van der Waals surface area (Å²) in [4.78, 5) is 21.5. The predicted octanol–water partition coefficient (Wildman–Crippen LogP) is 6.89. The molecule has 250 valence electrons. The first-order chi connectivity index (χ1) is 21.3. The number of carbonyl (C=O) groups is 2. The highest BCUT2D eigenvalue weighted by molar-refractivity contribution is 6.47. The van der Waals surface area contributed by atoms with Crippen LogP contribution in [0.3, 0.4) is 0 Å². The maximum Gasteiger partial charge on any atom is 0.448 e. The molecule has 0 aliphatic rings. The number of carbonyl (C=O) groups excluding carboxylic acids is 2. The van der Waals surface area contributed by atoms with E-state index in [1.165, 1.54) is 24.0 Å². The summed E-state index contributed by atoms with van der Waals surface area (Å²) in [6.45, 7) is 18.5. The molecule has 4 N–H and O–H groups in total. The van der Waals surface area contributed by atoms with Gasteiger partial charge in [0.25, 0.3) is 13.8 Å². The third-order valence-corrected chi connectivity index (χ3v) is 4.34. The van der Waals surface area contributed by atoms with Crippen molar-refractivity contribution in [3.05, 3.63) is 146 Å². The molecule has 0 unspecified atom stereocenters. The van der Waals surface area contributed by atoms with Gasteiger partial charge in [0.2, 0.25) is 0 Å². The molecule has 3 rings (SSSR count). The summed E-state index contributed by atoms with van der Waals surface area (Å²) in [5, 5.41) is 31.3. The van der Waals surface area contributed by atoms with E-state index in [-0.39, 0.29) is 33.0 Å². The number of hydrogen-bond acceptors (Lipinski definition) is 7. The molecule has 7 nitrogen and oxygen atoms in total. The molecule has 0 atom stereocenters. The molecule has 0 aromatic heterocycles. The van der Waals surface area contributed by atoms with Crippen LogP contribution >= 0.6 is 0 Å². The average molecular weight is 632 g/mol. The predicted molar refractivity (Wildman–Crippen MR) is 199 cm³/mol. The molecule has 0 spiro atoms. The maximum atomic E-state index is 10.9. The fourth-order valence-electron chi connectivity index (χ4n) is 2.58. The van der Waals surface area contributed by atoms with E-state index in [2.05, 4.69) is 31.9 Å². The fourth-order valence-corrected chi connectivity index (χ4v) is 2.58. The second kappa shape index (κ2) is 35.5. The van der Waals surface area contributed by atoms with E-state index in [4.69, 9.17) is 24.8 Å². The highest BCUT2D eigenvalue weighted by Crippen LogP contribution is 2.03. The van der Waals surface area contributed by atoms with E-state index >= 15 is 0 Å². The summed E-state index contributed by atoms with van der Waals surface area (Å²) in [7, 11) is -1.17.